The van der Waals surface area contributed by atoms with Gasteiger partial charge in [0.2, 0.25) is 6.79 Å². The summed E-state index contributed by atoms with van der Waals surface area (Å²) in [4.78, 5) is 12.2. The Morgan fingerprint density at radius 3 is 2.48 bits per heavy atom. The predicted octanol–water partition coefficient (Wildman–Crippen LogP) is 4.15. The second kappa shape index (κ2) is 6.16. The maximum Gasteiger partial charge on any atom is 0.231 e. The zero-order chi connectivity index (χ0) is 16.4. The van der Waals surface area contributed by atoms with Gasteiger partial charge in [0.15, 0.2) is 17.3 Å². The Balaban J connectivity index is 1.72. The number of ketones is 1. The van der Waals surface area contributed by atoms with Crippen LogP contribution in [0.1, 0.15) is 27.0 Å². The largest absolute Gasteiger partial charge is 0.454 e. The molecule has 1 N–H and O–H groups in total. The summed E-state index contributed by atoms with van der Waals surface area (Å²) in [5, 5.41) is 3.20. The number of hydrogen-bond acceptors (Lipinski definition) is 4. The molecule has 4 heteroatoms. The lowest BCUT2D eigenvalue weighted by Crippen LogP contribution is -1.99. The Hall–Kier alpha value is -2.75. The number of fused-ring (bicyclic) bond motifs is 1. The maximum absolute atomic E-state index is 12.2. The van der Waals surface area contributed by atoms with Crippen molar-refractivity contribution in [2.24, 2.45) is 0 Å². The molecule has 0 unspecified atom stereocenters. The number of benzene rings is 2. The highest BCUT2D eigenvalue weighted by atomic mass is 16.7. The highest BCUT2D eigenvalue weighted by Gasteiger charge is 2.15. The summed E-state index contributed by atoms with van der Waals surface area (Å²) < 4.78 is 10.5. The fourth-order valence-corrected chi connectivity index (χ4v) is 2.75. The molecule has 0 saturated carbocycles. The van der Waals surface area contributed by atoms with Crippen LogP contribution in [0, 0.1) is 20.8 Å². The zero-order valence-corrected chi connectivity index (χ0v) is 13.5. The maximum atomic E-state index is 12.2. The molecular formula is C19H19NO3. The molecule has 0 saturated heterocycles. The van der Waals surface area contributed by atoms with Gasteiger partial charge in [-0.25, -0.2) is 0 Å². The molecule has 2 aromatic carbocycles. The highest BCUT2D eigenvalue weighted by molar-refractivity contribution is 6.05. The first-order chi connectivity index (χ1) is 11.0. The summed E-state index contributed by atoms with van der Waals surface area (Å²) in [6, 6.07) is 9.43. The van der Waals surface area contributed by atoms with Crippen molar-refractivity contribution in [3.8, 4) is 11.5 Å². The molecular weight excluding hydrogens is 290 g/mol. The molecule has 0 aliphatic carbocycles. The van der Waals surface area contributed by atoms with Crippen LogP contribution in [0.15, 0.2) is 42.6 Å². The van der Waals surface area contributed by atoms with Crippen molar-refractivity contribution in [2.75, 3.05) is 12.1 Å². The SMILES string of the molecule is Cc1cc(C)c(N/C=C/C(=O)c2ccc3c(c2)OCO3)c(C)c1. The normalized spacial score (nSPS) is 12.7. The smallest absolute Gasteiger partial charge is 0.231 e. The molecule has 1 heterocycles. The van der Waals surface area contributed by atoms with Crippen LogP contribution >= 0.6 is 0 Å². The molecule has 0 atom stereocenters. The highest BCUT2D eigenvalue weighted by Crippen LogP contribution is 2.32. The molecule has 0 amide bonds. The lowest BCUT2D eigenvalue weighted by Gasteiger charge is -2.10. The fourth-order valence-electron chi connectivity index (χ4n) is 2.75. The van der Waals surface area contributed by atoms with Gasteiger partial charge in [0.1, 0.15) is 0 Å². The van der Waals surface area contributed by atoms with E-state index in [0.29, 0.717) is 17.1 Å². The van der Waals surface area contributed by atoms with Crippen molar-refractivity contribution < 1.29 is 14.3 Å². The van der Waals surface area contributed by atoms with Gasteiger partial charge in [-0.15, -0.1) is 0 Å². The van der Waals surface area contributed by atoms with Crippen LogP contribution in [0.5, 0.6) is 11.5 Å². The Kier molecular flexibility index (Phi) is 4.06. The Bertz CT molecular complexity index is 770. The minimum absolute atomic E-state index is 0.0850. The number of aryl methyl sites for hydroxylation is 3. The molecule has 2 aromatic rings. The minimum Gasteiger partial charge on any atom is -0.454 e. The van der Waals surface area contributed by atoms with E-state index in [4.69, 9.17) is 9.47 Å². The van der Waals surface area contributed by atoms with Gasteiger partial charge in [-0.05, 0) is 50.1 Å². The van der Waals surface area contributed by atoms with Crippen LogP contribution in [0.25, 0.3) is 0 Å². The third kappa shape index (κ3) is 3.21. The van der Waals surface area contributed by atoms with E-state index in [-0.39, 0.29) is 12.6 Å². The van der Waals surface area contributed by atoms with Crippen LogP contribution < -0.4 is 14.8 Å². The van der Waals surface area contributed by atoms with Crippen molar-refractivity contribution in [2.45, 2.75) is 20.8 Å². The summed E-state index contributed by atoms with van der Waals surface area (Å²) in [5.41, 5.74) is 5.14. The first-order valence-corrected chi connectivity index (χ1v) is 7.49. The van der Waals surface area contributed by atoms with E-state index in [1.54, 1.807) is 24.4 Å². The predicted molar refractivity (Wildman–Crippen MR) is 90.3 cm³/mol. The number of allylic oxidation sites excluding steroid dienone is 1. The second-order valence-corrected chi connectivity index (χ2v) is 5.68. The monoisotopic (exact) mass is 309 g/mol. The van der Waals surface area contributed by atoms with E-state index < -0.39 is 0 Å². The van der Waals surface area contributed by atoms with Gasteiger partial charge in [-0.1, -0.05) is 17.7 Å². The molecule has 118 valence electrons. The quantitative estimate of drug-likeness (QED) is 0.681. The lowest BCUT2D eigenvalue weighted by molar-refractivity contribution is 0.104. The first-order valence-electron chi connectivity index (χ1n) is 7.49. The summed E-state index contributed by atoms with van der Waals surface area (Å²) in [5.74, 6) is 1.20. The minimum atomic E-state index is -0.0850. The molecule has 0 spiro atoms. The Morgan fingerprint density at radius 2 is 1.74 bits per heavy atom. The average Bonchev–Trinajstić information content (AvgIpc) is 2.97. The molecule has 3 rings (SSSR count). The third-order valence-electron chi connectivity index (χ3n) is 3.80. The van der Waals surface area contributed by atoms with Gasteiger partial charge >= 0.3 is 0 Å². The molecule has 0 radical (unpaired) electrons. The summed E-state index contributed by atoms with van der Waals surface area (Å²) in [6.45, 7) is 6.38. The van der Waals surface area contributed by atoms with E-state index in [1.165, 1.54) is 11.6 Å². The molecule has 1 aliphatic heterocycles. The van der Waals surface area contributed by atoms with E-state index >= 15 is 0 Å². The number of carbonyl (C=O) groups excluding carboxylic acids is 1. The Morgan fingerprint density at radius 1 is 1.04 bits per heavy atom. The average molecular weight is 309 g/mol. The summed E-state index contributed by atoms with van der Waals surface area (Å²) in [6.07, 6.45) is 3.20. The van der Waals surface area contributed by atoms with Gasteiger partial charge in [0.05, 0.1) is 0 Å². The number of rotatable bonds is 4. The topological polar surface area (TPSA) is 47.6 Å². The molecule has 1 aliphatic rings. The van der Waals surface area contributed by atoms with Crippen LogP contribution in [0.3, 0.4) is 0 Å². The van der Waals surface area contributed by atoms with Crippen molar-refractivity contribution in [3.63, 3.8) is 0 Å². The molecule has 0 fully saturated rings. The second-order valence-electron chi connectivity index (χ2n) is 5.68. The van der Waals surface area contributed by atoms with Crippen LogP contribution in [-0.2, 0) is 0 Å². The zero-order valence-electron chi connectivity index (χ0n) is 13.5. The first kappa shape index (κ1) is 15.2. The fraction of sp³-hybridized carbons (Fsp3) is 0.211. The standard InChI is InChI=1S/C19H19NO3/c1-12-8-13(2)19(14(3)9-12)20-7-6-16(21)15-4-5-17-18(10-15)23-11-22-17/h4-10,20H,11H2,1-3H3/b7-6+. The van der Waals surface area contributed by atoms with E-state index in [2.05, 4.69) is 38.2 Å². The molecule has 0 aromatic heterocycles. The van der Waals surface area contributed by atoms with Gasteiger partial charge in [0, 0.05) is 23.5 Å². The number of anilines is 1. The lowest BCUT2D eigenvalue weighted by atomic mass is 10.1. The number of ether oxygens (including phenoxy) is 2. The van der Waals surface area contributed by atoms with Crippen LogP contribution in [0.4, 0.5) is 5.69 Å². The summed E-state index contributed by atoms with van der Waals surface area (Å²) >= 11 is 0. The van der Waals surface area contributed by atoms with E-state index in [0.717, 1.165) is 16.8 Å². The third-order valence-corrected chi connectivity index (χ3v) is 3.80. The van der Waals surface area contributed by atoms with Crippen molar-refractivity contribution in [1.82, 2.24) is 0 Å². The molecule has 4 nitrogen and oxygen atoms in total. The molecule has 0 bridgehead atoms. The van der Waals surface area contributed by atoms with Gasteiger partial charge in [-0.2, -0.15) is 0 Å². The van der Waals surface area contributed by atoms with Crippen LogP contribution in [0.2, 0.25) is 0 Å². The van der Waals surface area contributed by atoms with Crippen molar-refractivity contribution in [3.05, 3.63) is 64.9 Å². The van der Waals surface area contributed by atoms with Gasteiger partial charge < -0.3 is 14.8 Å². The number of hydrogen-bond donors (Lipinski definition) is 1. The van der Waals surface area contributed by atoms with Gasteiger partial charge in [-0.3, -0.25) is 4.79 Å². The van der Waals surface area contributed by atoms with Crippen molar-refractivity contribution in [1.29, 1.82) is 0 Å². The number of carbonyl (C=O) groups is 1. The van der Waals surface area contributed by atoms with Crippen molar-refractivity contribution >= 4 is 11.5 Å². The van der Waals surface area contributed by atoms with Gasteiger partial charge in [0.25, 0.3) is 0 Å². The van der Waals surface area contributed by atoms with E-state index in [1.807, 2.05) is 0 Å². The molecule has 23 heavy (non-hydrogen) atoms. The van der Waals surface area contributed by atoms with E-state index in [9.17, 15) is 4.79 Å². The van der Waals surface area contributed by atoms with Crippen LogP contribution in [-0.4, -0.2) is 12.6 Å². The Labute approximate surface area is 135 Å². The summed E-state index contributed by atoms with van der Waals surface area (Å²) in [7, 11) is 0. The number of nitrogens with one attached hydrogen (secondary N) is 1.